The maximum atomic E-state index is 11.4. The molecule has 1 aromatic carbocycles. The van der Waals surface area contributed by atoms with Gasteiger partial charge in [0.25, 0.3) is 0 Å². The Morgan fingerprint density at radius 1 is 1.30 bits per heavy atom. The van der Waals surface area contributed by atoms with Gasteiger partial charge < -0.3 is 10.3 Å². The first-order chi connectivity index (χ1) is 9.38. The molecule has 0 amide bonds. The van der Waals surface area contributed by atoms with Crippen LogP contribution in [0.5, 0.6) is 0 Å². The quantitative estimate of drug-likeness (QED) is 0.895. The van der Waals surface area contributed by atoms with E-state index in [9.17, 15) is 8.42 Å². The molecule has 0 saturated heterocycles. The minimum atomic E-state index is -3.25. The number of benzene rings is 1. The van der Waals surface area contributed by atoms with Crippen LogP contribution in [-0.2, 0) is 16.3 Å². The lowest BCUT2D eigenvalue weighted by Gasteiger charge is -2.06. The van der Waals surface area contributed by atoms with Gasteiger partial charge in [-0.3, -0.25) is 0 Å². The molecule has 2 atom stereocenters. The molecule has 6 nitrogen and oxygen atoms in total. The topological polar surface area (TPSA) is 99.1 Å². The molecule has 0 spiro atoms. The third-order valence-corrected chi connectivity index (χ3v) is 4.57. The monoisotopic (exact) mass is 295 g/mol. The molecule has 0 aliphatic rings. The molecule has 1 unspecified atom stereocenters. The predicted octanol–water partition coefficient (Wildman–Crippen LogP) is 1.42. The van der Waals surface area contributed by atoms with E-state index in [0.29, 0.717) is 6.42 Å². The first-order valence-corrected chi connectivity index (χ1v) is 8.15. The van der Waals surface area contributed by atoms with Crippen molar-refractivity contribution in [1.82, 2.24) is 10.1 Å². The molecular formula is C13H17N3O3S. The minimum Gasteiger partial charge on any atom is -0.338 e. The number of hydrogen-bond donors (Lipinski definition) is 1. The Kier molecular flexibility index (Phi) is 4.20. The standard InChI is InChI=1S/C13H17N3O3S/c1-9(20(2,17)18)12-15-13(19-16-12)11(14)8-10-6-4-3-5-7-10/h3-7,9,11H,8,14H2,1-2H3/t9?,11-/m1/s1. The second-order valence-corrected chi connectivity index (χ2v) is 7.12. The molecular weight excluding hydrogens is 278 g/mol. The maximum Gasteiger partial charge on any atom is 0.243 e. The Morgan fingerprint density at radius 2 is 1.95 bits per heavy atom. The normalized spacial score (nSPS) is 14.9. The number of nitrogens with two attached hydrogens (primary N) is 1. The molecule has 7 heteroatoms. The molecule has 0 aliphatic heterocycles. The van der Waals surface area contributed by atoms with Gasteiger partial charge in [-0.2, -0.15) is 4.98 Å². The van der Waals surface area contributed by atoms with Crippen LogP contribution in [0.1, 0.15) is 35.5 Å². The number of rotatable bonds is 5. The molecule has 108 valence electrons. The molecule has 0 bridgehead atoms. The van der Waals surface area contributed by atoms with E-state index in [1.807, 2.05) is 30.3 Å². The Bertz CT molecular complexity index is 667. The van der Waals surface area contributed by atoms with Crippen molar-refractivity contribution in [3.63, 3.8) is 0 Å². The van der Waals surface area contributed by atoms with Crippen molar-refractivity contribution < 1.29 is 12.9 Å². The average molecular weight is 295 g/mol. The highest BCUT2D eigenvalue weighted by Gasteiger charge is 2.24. The molecule has 1 aromatic heterocycles. The molecule has 0 saturated carbocycles. The Morgan fingerprint density at radius 3 is 2.55 bits per heavy atom. The van der Waals surface area contributed by atoms with Gasteiger partial charge in [0.2, 0.25) is 5.89 Å². The van der Waals surface area contributed by atoms with Crippen molar-refractivity contribution in [2.45, 2.75) is 24.6 Å². The van der Waals surface area contributed by atoms with Crippen molar-refractivity contribution in [2.75, 3.05) is 6.26 Å². The smallest absolute Gasteiger partial charge is 0.243 e. The number of aromatic nitrogens is 2. The zero-order valence-electron chi connectivity index (χ0n) is 11.4. The molecule has 2 aromatic rings. The van der Waals surface area contributed by atoms with E-state index < -0.39 is 21.1 Å². The summed E-state index contributed by atoms with van der Waals surface area (Å²) in [5, 5.41) is 2.90. The van der Waals surface area contributed by atoms with Crippen LogP contribution in [-0.4, -0.2) is 24.8 Å². The van der Waals surface area contributed by atoms with E-state index in [1.165, 1.54) is 6.92 Å². The molecule has 0 fully saturated rings. The van der Waals surface area contributed by atoms with Gasteiger partial charge >= 0.3 is 0 Å². The van der Waals surface area contributed by atoms with Crippen LogP contribution in [0, 0.1) is 0 Å². The van der Waals surface area contributed by atoms with Gasteiger partial charge in [-0.15, -0.1) is 0 Å². The van der Waals surface area contributed by atoms with E-state index in [0.717, 1.165) is 11.8 Å². The van der Waals surface area contributed by atoms with Crippen molar-refractivity contribution in [2.24, 2.45) is 5.73 Å². The van der Waals surface area contributed by atoms with Gasteiger partial charge in [-0.25, -0.2) is 8.42 Å². The highest BCUT2D eigenvalue weighted by molar-refractivity contribution is 7.90. The average Bonchev–Trinajstić information content (AvgIpc) is 2.87. The number of sulfone groups is 1. The van der Waals surface area contributed by atoms with Gasteiger partial charge in [-0.05, 0) is 18.9 Å². The molecule has 2 rings (SSSR count). The first-order valence-electron chi connectivity index (χ1n) is 6.20. The van der Waals surface area contributed by atoms with Gasteiger partial charge in [0, 0.05) is 6.26 Å². The van der Waals surface area contributed by atoms with Gasteiger partial charge in [0.15, 0.2) is 15.7 Å². The first kappa shape index (κ1) is 14.7. The van der Waals surface area contributed by atoms with Crippen LogP contribution >= 0.6 is 0 Å². The molecule has 0 aliphatic carbocycles. The number of hydrogen-bond acceptors (Lipinski definition) is 6. The Hall–Kier alpha value is -1.73. The fraction of sp³-hybridized carbons (Fsp3) is 0.385. The molecule has 2 N–H and O–H groups in total. The lowest BCUT2D eigenvalue weighted by molar-refractivity contribution is 0.350. The Balaban J connectivity index is 2.13. The van der Waals surface area contributed by atoms with Crippen LogP contribution < -0.4 is 5.73 Å². The van der Waals surface area contributed by atoms with Crippen LogP contribution in [0.4, 0.5) is 0 Å². The minimum absolute atomic E-state index is 0.144. The summed E-state index contributed by atoms with van der Waals surface area (Å²) < 4.78 is 28.0. The van der Waals surface area contributed by atoms with Crippen molar-refractivity contribution in [1.29, 1.82) is 0 Å². The maximum absolute atomic E-state index is 11.4. The summed E-state index contributed by atoms with van der Waals surface area (Å²) in [6.45, 7) is 1.52. The third kappa shape index (κ3) is 3.43. The fourth-order valence-electron chi connectivity index (χ4n) is 1.71. The van der Waals surface area contributed by atoms with E-state index >= 15 is 0 Å². The molecule has 0 radical (unpaired) electrons. The van der Waals surface area contributed by atoms with Crippen LogP contribution in [0.15, 0.2) is 34.9 Å². The Labute approximate surface area is 117 Å². The van der Waals surface area contributed by atoms with Gasteiger partial charge in [-0.1, -0.05) is 35.5 Å². The van der Waals surface area contributed by atoms with Crippen LogP contribution in [0.3, 0.4) is 0 Å². The summed E-state index contributed by atoms with van der Waals surface area (Å²) in [6, 6.07) is 9.23. The van der Waals surface area contributed by atoms with Crippen molar-refractivity contribution in [3.8, 4) is 0 Å². The summed E-state index contributed by atoms with van der Waals surface area (Å²) in [4.78, 5) is 4.09. The van der Waals surface area contributed by atoms with E-state index in [2.05, 4.69) is 10.1 Å². The SMILES string of the molecule is CC(c1noc([C@H](N)Cc2ccccc2)n1)S(C)(=O)=O. The zero-order valence-corrected chi connectivity index (χ0v) is 12.2. The van der Waals surface area contributed by atoms with Crippen molar-refractivity contribution >= 4 is 9.84 Å². The van der Waals surface area contributed by atoms with Crippen LogP contribution in [0.25, 0.3) is 0 Å². The zero-order chi connectivity index (χ0) is 14.8. The second-order valence-electron chi connectivity index (χ2n) is 4.76. The van der Waals surface area contributed by atoms with Gasteiger partial charge in [0.05, 0.1) is 6.04 Å². The third-order valence-electron chi connectivity index (χ3n) is 3.08. The summed E-state index contributed by atoms with van der Waals surface area (Å²) >= 11 is 0. The highest BCUT2D eigenvalue weighted by Crippen LogP contribution is 2.20. The van der Waals surface area contributed by atoms with E-state index in [4.69, 9.17) is 10.3 Å². The summed E-state index contributed by atoms with van der Waals surface area (Å²) in [5.41, 5.74) is 7.06. The largest absolute Gasteiger partial charge is 0.338 e. The lowest BCUT2D eigenvalue weighted by atomic mass is 10.1. The van der Waals surface area contributed by atoms with E-state index in [-0.39, 0.29) is 11.7 Å². The summed E-state index contributed by atoms with van der Waals surface area (Å²) in [7, 11) is -3.25. The lowest BCUT2D eigenvalue weighted by Crippen LogP contribution is -2.14. The van der Waals surface area contributed by atoms with Crippen molar-refractivity contribution in [3.05, 3.63) is 47.6 Å². The summed E-state index contributed by atoms with van der Waals surface area (Å²) in [5.74, 6) is 0.394. The number of nitrogens with zero attached hydrogens (tertiary/aromatic N) is 2. The molecule has 20 heavy (non-hydrogen) atoms. The summed E-state index contributed by atoms with van der Waals surface area (Å²) in [6.07, 6.45) is 1.69. The highest BCUT2D eigenvalue weighted by atomic mass is 32.2. The fourth-order valence-corrected chi connectivity index (χ4v) is 2.19. The van der Waals surface area contributed by atoms with Crippen LogP contribution in [0.2, 0.25) is 0 Å². The second kappa shape index (κ2) is 5.72. The van der Waals surface area contributed by atoms with E-state index in [1.54, 1.807) is 0 Å². The molecule has 1 heterocycles. The predicted molar refractivity (Wildman–Crippen MR) is 74.6 cm³/mol. The van der Waals surface area contributed by atoms with Gasteiger partial charge in [0.1, 0.15) is 5.25 Å².